The summed E-state index contributed by atoms with van der Waals surface area (Å²) in [5.41, 5.74) is 3.50. The van der Waals surface area contributed by atoms with Crippen LogP contribution < -0.4 is 5.32 Å². The SMILES string of the molecule is Cc1ccc(NCc2sc(-c3ccccc3)nc2C)nc1C#N. The maximum absolute atomic E-state index is 9.05. The number of pyridine rings is 1. The Hall–Kier alpha value is -2.71. The van der Waals surface area contributed by atoms with Gasteiger partial charge in [0.05, 0.1) is 12.2 Å². The summed E-state index contributed by atoms with van der Waals surface area (Å²) in [6, 6.07) is 16.1. The molecular formula is C18H16N4S. The van der Waals surface area contributed by atoms with Gasteiger partial charge in [0.25, 0.3) is 0 Å². The molecule has 0 amide bonds. The van der Waals surface area contributed by atoms with Gasteiger partial charge in [0.2, 0.25) is 0 Å². The Morgan fingerprint density at radius 2 is 1.87 bits per heavy atom. The highest BCUT2D eigenvalue weighted by molar-refractivity contribution is 7.15. The Morgan fingerprint density at radius 1 is 1.09 bits per heavy atom. The molecule has 0 saturated carbocycles. The normalized spacial score (nSPS) is 10.3. The lowest BCUT2D eigenvalue weighted by Gasteiger charge is -2.05. The number of aromatic nitrogens is 2. The summed E-state index contributed by atoms with van der Waals surface area (Å²) in [6.45, 7) is 4.55. The van der Waals surface area contributed by atoms with Crippen LogP contribution in [0.3, 0.4) is 0 Å². The standard InChI is InChI=1S/C18H16N4S/c1-12-8-9-17(22-15(12)10-19)20-11-16-13(2)21-18(23-16)14-6-4-3-5-7-14/h3-9H,11H2,1-2H3,(H,20,22). The second-order valence-electron chi connectivity index (χ2n) is 5.22. The number of thiazole rings is 1. The van der Waals surface area contributed by atoms with E-state index in [0.717, 1.165) is 21.8 Å². The third-order valence-corrected chi connectivity index (χ3v) is 4.75. The molecule has 0 unspecified atom stereocenters. The number of rotatable bonds is 4. The van der Waals surface area contributed by atoms with E-state index in [-0.39, 0.29) is 0 Å². The molecule has 0 aliphatic carbocycles. The third kappa shape index (κ3) is 3.38. The summed E-state index contributed by atoms with van der Waals surface area (Å²) in [7, 11) is 0. The highest BCUT2D eigenvalue weighted by Crippen LogP contribution is 2.28. The van der Waals surface area contributed by atoms with Crippen molar-refractivity contribution >= 4 is 17.2 Å². The van der Waals surface area contributed by atoms with Crippen LogP contribution in [0.2, 0.25) is 0 Å². The van der Waals surface area contributed by atoms with Gasteiger partial charge in [0.1, 0.15) is 22.6 Å². The largest absolute Gasteiger partial charge is 0.365 e. The molecule has 1 N–H and O–H groups in total. The predicted molar refractivity (Wildman–Crippen MR) is 93.3 cm³/mol. The minimum atomic E-state index is 0.459. The molecule has 4 nitrogen and oxygen atoms in total. The summed E-state index contributed by atoms with van der Waals surface area (Å²) in [5.74, 6) is 0.709. The van der Waals surface area contributed by atoms with Crippen LogP contribution in [-0.4, -0.2) is 9.97 Å². The van der Waals surface area contributed by atoms with Gasteiger partial charge in [0, 0.05) is 10.4 Å². The van der Waals surface area contributed by atoms with E-state index < -0.39 is 0 Å². The molecular weight excluding hydrogens is 304 g/mol. The topological polar surface area (TPSA) is 61.6 Å². The second kappa shape index (κ2) is 6.59. The quantitative estimate of drug-likeness (QED) is 0.778. The molecule has 2 heterocycles. The van der Waals surface area contributed by atoms with Crippen LogP contribution in [0.1, 0.15) is 21.8 Å². The molecule has 114 valence electrons. The van der Waals surface area contributed by atoms with Crippen molar-refractivity contribution < 1.29 is 0 Å². The minimum absolute atomic E-state index is 0.459. The van der Waals surface area contributed by atoms with Crippen molar-refractivity contribution in [3.8, 4) is 16.6 Å². The summed E-state index contributed by atoms with van der Waals surface area (Å²) in [5, 5.41) is 13.4. The Labute approximate surface area is 139 Å². The first-order valence-electron chi connectivity index (χ1n) is 7.30. The molecule has 1 aromatic carbocycles. The number of benzene rings is 1. The number of hydrogen-bond acceptors (Lipinski definition) is 5. The highest BCUT2D eigenvalue weighted by atomic mass is 32.1. The van der Waals surface area contributed by atoms with Gasteiger partial charge in [0.15, 0.2) is 0 Å². The van der Waals surface area contributed by atoms with E-state index >= 15 is 0 Å². The van der Waals surface area contributed by atoms with Crippen molar-refractivity contribution in [3.63, 3.8) is 0 Å². The molecule has 3 rings (SSSR count). The van der Waals surface area contributed by atoms with Crippen LogP contribution in [0, 0.1) is 25.2 Å². The number of aryl methyl sites for hydroxylation is 2. The first-order valence-corrected chi connectivity index (χ1v) is 8.12. The summed E-state index contributed by atoms with van der Waals surface area (Å²) in [4.78, 5) is 10.1. The fourth-order valence-electron chi connectivity index (χ4n) is 2.21. The van der Waals surface area contributed by atoms with Gasteiger partial charge in [-0.3, -0.25) is 0 Å². The lowest BCUT2D eigenvalue weighted by Crippen LogP contribution is -2.02. The molecule has 23 heavy (non-hydrogen) atoms. The zero-order valence-electron chi connectivity index (χ0n) is 13.0. The Bertz CT molecular complexity index is 862. The van der Waals surface area contributed by atoms with Gasteiger partial charge < -0.3 is 5.32 Å². The molecule has 0 saturated heterocycles. The summed E-state index contributed by atoms with van der Waals surface area (Å²) < 4.78 is 0. The predicted octanol–water partition coefficient (Wildman–Crippen LogP) is 4.31. The molecule has 0 radical (unpaired) electrons. The van der Waals surface area contributed by atoms with E-state index in [9.17, 15) is 0 Å². The number of nitrogens with zero attached hydrogens (tertiary/aromatic N) is 3. The molecule has 0 fully saturated rings. The van der Waals surface area contributed by atoms with Crippen LogP contribution in [0.15, 0.2) is 42.5 Å². The van der Waals surface area contributed by atoms with Gasteiger partial charge in [-0.05, 0) is 25.5 Å². The molecule has 2 aromatic heterocycles. The first kappa shape index (κ1) is 15.2. The Kier molecular flexibility index (Phi) is 4.35. The van der Waals surface area contributed by atoms with E-state index in [0.29, 0.717) is 18.1 Å². The number of anilines is 1. The van der Waals surface area contributed by atoms with Crippen molar-refractivity contribution in [1.82, 2.24) is 9.97 Å². The highest BCUT2D eigenvalue weighted by Gasteiger charge is 2.09. The Balaban J connectivity index is 1.77. The molecule has 5 heteroatoms. The van der Waals surface area contributed by atoms with Crippen molar-refractivity contribution in [2.24, 2.45) is 0 Å². The monoisotopic (exact) mass is 320 g/mol. The maximum Gasteiger partial charge on any atom is 0.145 e. The zero-order chi connectivity index (χ0) is 16.2. The van der Waals surface area contributed by atoms with Gasteiger partial charge in [-0.25, -0.2) is 9.97 Å². The number of hydrogen-bond donors (Lipinski definition) is 1. The summed E-state index contributed by atoms with van der Waals surface area (Å²) in [6.07, 6.45) is 0. The second-order valence-corrected chi connectivity index (χ2v) is 6.30. The molecule has 3 aromatic rings. The van der Waals surface area contributed by atoms with Gasteiger partial charge in [-0.15, -0.1) is 11.3 Å². The molecule has 0 aliphatic rings. The average molecular weight is 320 g/mol. The maximum atomic E-state index is 9.05. The zero-order valence-corrected chi connectivity index (χ0v) is 13.8. The molecule has 0 atom stereocenters. The van der Waals surface area contributed by atoms with Crippen molar-refractivity contribution in [1.29, 1.82) is 5.26 Å². The smallest absolute Gasteiger partial charge is 0.145 e. The molecule has 0 spiro atoms. The number of nitriles is 1. The van der Waals surface area contributed by atoms with Crippen LogP contribution in [0.4, 0.5) is 5.82 Å². The molecule has 0 aliphatic heterocycles. The van der Waals surface area contributed by atoms with E-state index in [1.165, 1.54) is 4.88 Å². The lowest BCUT2D eigenvalue weighted by atomic mass is 10.2. The molecule has 0 bridgehead atoms. The Morgan fingerprint density at radius 3 is 2.61 bits per heavy atom. The van der Waals surface area contributed by atoms with E-state index in [1.807, 2.05) is 44.2 Å². The van der Waals surface area contributed by atoms with Gasteiger partial charge in [-0.2, -0.15) is 5.26 Å². The van der Waals surface area contributed by atoms with Crippen LogP contribution >= 0.6 is 11.3 Å². The fraction of sp³-hybridized carbons (Fsp3) is 0.167. The summed E-state index contributed by atoms with van der Waals surface area (Å²) >= 11 is 1.68. The van der Waals surface area contributed by atoms with Gasteiger partial charge in [-0.1, -0.05) is 36.4 Å². The van der Waals surface area contributed by atoms with Crippen LogP contribution in [0.5, 0.6) is 0 Å². The minimum Gasteiger partial charge on any atom is -0.365 e. The lowest BCUT2D eigenvalue weighted by molar-refractivity contribution is 1.08. The van der Waals surface area contributed by atoms with Gasteiger partial charge >= 0.3 is 0 Å². The van der Waals surface area contributed by atoms with E-state index in [1.54, 1.807) is 11.3 Å². The van der Waals surface area contributed by atoms with E-state index in [2.05, 4.69) is 33.5 Å². The third-order valence-electron chi connectivity index (χ3n) is 3.55. The fourth-order valence-corrected chi connectivity index (χ4v) is 3.22. The van der Waals surface area contributed by atoms with Crippen LogP contribution in [-0.2, 0) is 6.54 Å². The number of nitrogens with one attached hydrogen (secondary N) is 1. The van der Waals surface area contributed by atoms with Crippen LogP contribution in [0.25, 0.3) is 10.6 Å². The first-order chi connectivity index (χ1) is 11.2. The van der Waals surface area contributed by atoms with Crippen molar-refractivity contribution in [2.45, 2.75) is 20.4 Å². The average Bonchev–Trinajstić information content (AvgIpc) is 2.96. The van der Waals surface area contributed by atoms with Crippen molar-refractivity contribution in [3.05, 3.63) is 64.3 Å². The van der Waals surface area contributed by atoms with Crippen molar-refractivity contribution in [2.75, 3.05) is 5.32 Å². The van der Waals surface area contributed by atoms with E-state index in [4.69, 9.17) is 5.26 Å².